The zero-order valence-electron chi connectivity index (χ0n) is 31.1. The van der Waals surface area contributed by atoms with Crippen LogP contribution >= 0.6 is 0 Å². The minimum Gasteiger partial charge on any atom is -0.549 e. The summed E-state index contributed by atoms with van der Waals surface area (Å²) in [7, 11) is -0.320. The summed E-state index contributed by atoms with van der Waals surface area (Å²) in [5.41, 5.74) is 2.62. The van der Waals surface area contributed by atoms with Gasteiger partial charge in [0.05, 0.1) is 39.6 Å². The first-order valence-corrected chi connectivity index (χ1v) is 23.8. The van der Waals surface area contributed by atoms with Gasteiger partial charge in [-0.15, -0.1) is 0 Å². The van der Waals surface area contributed by atoms with Crippen LogP contribution in [-0.2, 0) is 37.3 Å². The van der Waals surface area contributed by atoms with Gasteiger partial charge in [-0.05, 0) is 101 Å². The smallest absolute Gasteiger partial charge is 0.219 e. The van der Waals surface area contributed by atoms with Crippen molar-refractivity contribution in [3.8, 4) is 5.75 Å². The Bertz CT molecular complexity index is 910. The van der Waals surface area contributed by atoms with Gasteiger partial charge >= 0.3 is 0 Å². The van der Waals surface area contributed by atoms with E-state index in [9.17, 15) is 0 Å². The fraction of sp³-hybridized carbons (Fsp3) is 0.829. The average molecular weight is 717 g/mol. The number of benzene rings is 1. The third-order valence-electron chi connectivity index (χ3n) is 8.47. The fourth-order valence-corrected chi connectivity index (χ4v) is 9.71. The molecule has 0 amide bonds. The minimum absolute atomic E-state index is 0.0505. The van der Waals surface area contributed by atoms with E-state index in [2.05, 4.69) is 66.7 Å². The summed E-state index contributed by atoms with van der Waals surface area (Å²) in [6, 6.07) is 12.3. The Kier molecular flexibility index (Phi) is 22.2. The molecule has 9 nitrogen and oxygen atoms in total. The first-order valence-electron chi connectivity index (χ1n) is 18.1. The number of hydrogen-bond donors (Lipinski definition) is 0. The van der Waals surface area contributed by atoms with Crippen molar-refractivity contribution in [2.75, 3.05) is 66.6 Å². The van der Waals surface area contributed by atoms with E-state index in [0.717, 1.165) is 84.5 Å². The van der Waals surface area contributed by atoms with Gasteiger partial charge in [0, 0.05) is 32.5 Å². The molecule has 3 atom stereocenters. The first kappa shape index (κ1) is 42.5. The van der Waals surface area contributed by atoms with Crippen molar-refractivity contribution in [1.29, 1.82) is 0 Å². The summed E-state index contributed by atoms with van der Waals surface area (Å²) in [5, 5.41) is 0. The standard InChI is InChI=1S/C14H22O3Si.C11H24O3Si.C10H22O3Si/c1-11-5-3-6-14(12(11)2)17-18-8-4-7-15-9-13-10-16-13;1-4-15(5-2,12-3)8-6-7-13-9-11-10-14-11;1-10(2,3)13-14-6-4-5-11-7-9-8-12-9/h3,5-6,13H,4,7-10,18H2,1-2H3;11H,4-10H2,1-3H3;9H,4-8,14H2,1-3H3. The molecule has 3 fully saturated rings. The molecular formula is C35H68O9Si3. The van der Waals surface area contributed by atoms with Crippen molar-refractivity contribution in [3.05, 3.63) is 29.3 Å². The van der Waals surface area contributed by atoms with E-state index in [1.165, 1.54) is 41.3 Å². The fourth-order valence-electron chi connectivity index (χ4n) is 4.68. The summed E-state index contributed by atoms with van der Waals surface area (Å²) in [5.74, 6) is 1.06. The van der Waals surface area contributed by atoms with E-state index in [-0.39, 0.29) is 15.4 Å². The number of ether oxygens (including phenoxy) is 6. The molecule has 3 unspecified atom stereocenters. The summed E-state index contributed by atoms with van der Waals surface area (Å²) < 4.78 is 49.0. The molecule has 0 saturated carbocycles. The Hall–Kier alpha value is -0.649. The van der Waals surface area contributed by atoms with Crippen LogP contribution in [0.2, 0.25) is 30.2 Å². The van der Waals surface area contributed by atoms with Gasteiger partial charge in [0.25, 0.3) is 0 Å². The zero-order chi connectivity index (χ0) is 34.4. The van der Waals surface area contributed by atoms with E-state index in [1.54, 1.807) is 0 Å². The molecule has 3 aliphatic heterocycles. The highest BCUT2D eigenvalue weighted by Gasteiger charge is 2.29. The highest BCUT2D eigenvalue weighted by molar-refractivity contribution is 6.73. The average Bonchev–Trinajstić information content (AvgIpc) is 3.90. The van der Waals surface area contributed by atoms with Crippen LogP contribution < -0.4 is 4.43 Å². The van der Waals surface area contributed by atoms with Crippen molar-refractivity contribution in [1.82, 2.24) is 0 Å². The maximum atomic E-state index is 5.92. The van der Waals surface area contributed by atoms with E-state index < -0.39 is 18.1 Å². The highest BCUT2D eigenvalue weighted by atomic mass is 28.4. The minimum atomic E-state index is -1.39. The van der Waals surface area contributed by atoms with Crippen molar-refractivity contribution >= 4 is 27.8 Å². The maximum Gasteiger partial charge on any atom is 0.219 e. The molecule has 3 aliphatic rings. The van der Waals surface area contributed by atoms with E-state index in [1.807, 2.05) is 7.11 Å². The predicted octanol–water partition coefficient (Wildman–Crippen LogP) is 5.52. The maximum absolute atomic E-state index is 5.92. The van der Waals surface area contributed by atoms with Crippen molar-refractivity contribution in [2.45, 2.75) is 122 Å². The molecule has 4 rings (SSSR count). The van der Waals surface area contributed by atoms with Crippen LogP contribution in [0.15, 0.2) is 18.2 Å². The monoisotopic (exact) mass is 716 g/mol. The van der Waals surface area contributed by atoms with Crippen LogP contribution in [0.4, 0.5) is 0 Å². The van der Waals surface area contributed by atoms with Gasteiger partial charge in [0.2, 0.25) is 9.76 Å². The van der Waals surface area contributed by atoms with Gasteiger partial charge in [0.1, 0.15) is 24.1 Å². The highest BCUT2D eigenvalue weighted by Crippen LogP contribution is 2.23. The van der Waals surface area contributed by atoms with Crippen LogP contribution in [-0.4, -0.2) is 118 Å². The molecular weight excluding hydrogens is 649 g/mol. The van der Waals surface area contributed by atoms with Gasteiger partial charge in [0.15, 0.2) is 18.1 Å². The van der Waals surface area contributed by atoms with Crippen LogP contribution in [0.1, 0.15) is 65.0 Å². The van der Waals surface area contributed by atoms with E-state index in [0.29, 0.717) is 18.3 Å². The molecule has 0 spiro atoms. The van der Waals surface area contributed by atoms with Gasteiger partial charge in [-0.25, -0.2) is 0 Å². The normalized spacial score (nSPS) is 20.2. The Morgan fingerprint density at radius 3 is 1.70 bits per heavy atom. The second-order valence-electron chi connectivity index (χ2n) is 13.7. The van der Waals surface area contributed by atoms with Crippen LogP contribution in [0, 0.1) is 13.8 Å². The molecule has 0 N–H and O–H groups in total. The van der Waals surface area contributed by atoms with Crippen LogP contribution in [0.5, 0.6) is 5.75 Å². The van der Waals surface area contributed by atoms with Gasteiger partial charge < -0.3 is 41.7 Å². The Morgan fingerprint density at radius 2 is 1.26 bits per heavy atom. The summed E-state index contributed by atoms with van der Waals surface area (Å²) in [6.07, 6.45) is 4.55. The molecule has 12 heteroatoms. The van der Waals surface area contributed by atoms with Crippen molar-refractivity contribution in [3.63, 3.8) is 0 Å². The molecule has 3 saturated heterocycles. The number of aryl methyl sites for hydroxylation is 1. The molecule has 3 heterocycles. The Balaban J connectivity index is 0.000000248. The summed E-state index contributed by atoms with van der Waals surface area (Å²) >= 11 is 0. The third kappa shape index (κ3) is 22.6. The molecule has 0 aromatic heterocycles. The van der Waals surface area contributed by atoms with E-state index >= 15 is 0 Å². The lowest BCUT2D eigenvalue weighted by Gasteiger charge is -2.27. The van der Waals surface area contributed by atoms with E-state index in [4.69, 9.17) is 41.7 Å². The summed E-state index contributed by atoms with van der Waals surface area (Å²) in [4.78, 5) is 0. The molecule has 0 bridgehead atoms. The second kappa shape index (κ2) is 24.5. The zero-order valence-corrected chi connectivity index (χ0v) is 34.9. The largest absolute Gasteiger partial charge is 0.549 e. The number of hydrogen-bond acceptors (Lipinski definition) is 9. The first-order chi connectivity index (χ1) is 22.6. The number of rotatable bonds is 24. The molecule has 47 heavy (non-hydrogen) atoms. The molecule has 0 radical (unpaired) electrons. The molecule has 1 aromatic rings. The van der Waals surface area contributed by atoms with Crippen molar-refractivity contribution < 1.29 is 41.7 Å². The van der Waals surface area contributed by atoms with Gasteiger partial charge in [-0.3, -0.25) is 0 Å². The molecule has 0 aliphatic carbocycles. The Labute approximate surface area is 292 Å². The third-order valence-corrected chi connectivity index (χ3v) is 16.3. The molecule has 274 valence electrons. The predicted molar refractivity (Wildman–Crippen MR) is 198 cm³/mol. The number of epoxide rings is 3. The second-order valence-corrected chi connectivity index (χ2v) is 21.2. The van der Waals surface area contributed by atoms with Gasteiger partial charge in [-0.2, -0.15) is 0 Å². The lowest BCUT2D eigenvalue weighted by atomic mass is 10.1. The molecule has 1 aromatic carbocycles. The van der Waals surface area contributed by atoms with Crippen molar-refractivity contribution in [2.24, 2.45) is 0 Å². The van der Waals surface area contributed by atoms with Gasteiger partial charge in [-0.1, -0.05) is 26.0 Å². The quantitative estimate of drug-likeness (QED) is 0.0779. The topological polar surface area (TPSA) is 93.0 Å². The summed E-state index contributed by atoms with van der Waals surface area (Å²) in [6.45, 7) is 22.6. The van der Waals surface area contributed by atoms with Crippen LogP contribution in [0.3, 0.4) is 0 Å². The SMILES string of the molecule is CC(C)(C)O[SiH2]CCCOCC1CO1.CC[Si](CC)(CCCOCC1CO1)OC.Cc1cccc(O[SiH2]CCCOCC2CO2)c1C. The Morgan fingerprint density at radius 1 is 0.766 bits per heavy atom. The van der Waals surface area contributed by atoms with Crippen LogP contribution in [0.25, 0.3) is 0 Å². The lowest BCUT2D eigenvalue weighted by molar-refractivity contribution is 0.113. The lowest BCUT2D eigenvalue weighted by Crippen LogP contribution is -2.35.